The third-order valence-electron chi connectivity index (χ3n) is 23.8. The SMILES string of the molecule is CC1(C)c2cc(N(c3ccc4c(c3)C3(c5ccccc5-c5ccccc53)c3cc5c(cc3-4)C3(c4ccccc4-c4ccccc43)c3ccc4oc6ccccc6c4c3-5)c3ccc4oc5ccccc5c4c3)ccc2-c2c1c1c(c3c2oc2ccccc23)-c2ccccc2C1(C)C. The van der Waals surface area contributed by atoms with Crippen molar-refractivity contribution >= 4 is 82.9 Å². The van der Waals surface area contributed by atoms with Crippen LogP contribution in [0.1, 0.15) is 94.5 Å². The normalized spacial score (nSPS) is 15.6. The van der Waals surface area contributed by atoms with E-state index >= 15 is 0 Å². The maximum Gasteiger partial charge on any atom is 0.144 e. The highest BCUT2D eigenvalue weighted by Crippen LogP contribution is 2.70. The van der Waals surface area contributed by atoms with E-state index in [0.29, 0.717) is 0 Å². The van der Waals surface area contributed by atoms with E-state index in [2.05, 4.69) is 306 Å². The molecular weight excluding hydrogens is 1170 g/mol. The van der Waals surface area contributed by atoms with Gasteiger partial charge < -0.3 is 18.2 Å². The Balaban J connectivity index is 0.806. The summed E-state index contributed by atoms with van der Waals surface area (Å²) < 4.78 is 20.7. The van der Waals surface area contributed by atoms with E-state index in [1.807, 2.05) is 0 Å². The number of anilines is 3. The first-order valence-corrected chi connectivity index (χ1v) is 33.8. The highest BCUT2D eigenvalue weighted by Gasteiger charge is 2.57. The Bertz CT molecular complexity index is 6400. The molecule has 0 bridgehead atoms. The van der Waals surface area contributed by atoms with E-state index in [0.717, 1.165) is 72.1 Å². The van der Waals surface area contributed by atoms with Crippen LogP contribution in [0.4, 0.5) is 17.1 Å². The van der Waals surface area contributed by atoms with Gasteiger partial charge in [-0.15, -0.1) is 0 Å². The summed E-state index contributed by atoms with van der Waals surface area (Å²) in [7, 11) is 0. The zero-order valence-corrected chi connectivity index (χ0v) is 53.2. The molecule has 14 aromatic carbocycles. The molecule has 0 unspecified atom stereocenters. The maximum atomic E-state index is 7.21. The van der Waals surface area contributed by atoms with Crippen LogP contribution in [0.5, 0.6) is 0 Å². The van der Waals surface area contributed by atoms with E-state index in [4.69, 9.17) is 13.3 Å². The zero-order chi connectivity index (χ0) is 63.0. The second-order valence-electron chi connectivity index (χ2n) is 28.8. The topological polar surface area (TPSA) is 42.7 Å². The van der Waals surface area contributed by atoms with Crippen LogP contribution < -0.4 is 4.90 Å². The van der Waals surface area contributed by atoms with E-state index in [1.54, 1.807) is 0 Å². The predicted molar refractivity (Wildman–Crippen MR) is 391 cm³/mol. The third-order valence-corrected chi connectivity index (χ3v) is 23.8. The van der Waals surface area contributed by atoms with Crippen molar-refractivity contribution in [1.29, 1.82) is 0 Å². The number of hydrogen-bond acceptors (Lipinski definition) is 4. The van der Waals surface area contributed by atoms with E-state index in [-0.39, 0.29) is 5.41 Å². The molecule has 0 saturated heterocycles. The Morgan fingerprint density at radius 2 is 0.646 bits per heavy atom. The molecule has 2 spiro atoms. The van der Waals surface area contributed by atoms with Crippen LogP contribution in [0.2, 0.25) is 0 Å². The Morgan fingerprint density at radius 3 is 1.30 bits per heavy atom. The van der Waals surface area contributed by atoms with Crippen LogP contribution in [0, 0.1) is 0 Å². The molecule has 0 amide bonds. The number of furan rings is 3. The highest BCUT2D eigenvalue weighted by molar-refractivity contribution is 6.22. The average Bonchev–Trinajstić information content (AvgIpc) is 1.03. The maximum absolute atomic E-state index is 7.21. The van der Waals surface area contributed by atoms with Crippen LogP contribution in [-0.4, -0.2) is 0 Å². The summed E-state index contributed by atoms with van der Waals surface area (Å²) in [5.74, 6) is 0. The van der Waals surface area contributed by atoms with E-state index < -0.39 is 16.2 Å². The smallest absolute Gasteiger partial charge is 0.144 e. The standard InChI is InChI=1S/C92H57NO3/c1-89(2)66-29-13-9-26-59(66)83-84-62-28-12-20-36-78(62)96-88(84)85-60-41-38-51(46-72(60)90(3,4)87(85)86(83)89)93(50-39-43-79-64(45-50)58-25-10-18-34-76(58)94-79)52-37-40-57-63-48-75-65(49-74(63)92(73(57)47-52)69-32-16-7-23-55(69)56-24-8-17-33-70(56)92)81-71(42-44-80-82(81)61-27-11-19-35-77(61)95-80)91(75)67-30-14-5-21-53(67)54-22-6-15-31-68(54)91/h5-49H,1-4H3. The first-order chi connectivity index (χ1) is 47.1. The van der Waals surface area contributed by atoms with Gasteiger partial charge in [0.05, 0.1) is 10.8 Å². The summed E-state index contributed by atoms with van der Waals surface area (Å²) in [5, 5.41) is 6.84. The lowest BCUT2D eigenvalue weighted by Crippen LogP contribution is -2.27. The molecule has 0 aliphatic heterocycles. The molecule has 4 nitrogen and oxygen atoms in total. The number of rotatable bonds is 3. The minimum absolute atomic E-state index is 0.273. The highest BCUT2D eigenvalue weighted by atomic mass is 16.3. The van der Waals surface area contributed by atoms with Crippen molar-refractivity contribution in [3.63, 3.8) is 0 Å². The molecule has 6 aliphatic rings. The van der Waals surface area contributed by atoms with Crippen LogP contribution in [-0.2, 0) is 21.7 Å². The molecule has 6 aliphatic carbocycles. The van der Waals surface area contributed by atoms with Gasteiger partial charge in [0.15, 0.2) is 0 Å². The lowest BCUT2D eigenvalue weighted by Gasteiger charge is -2.33. The van der Waals surface area contributed by atoms with Crippen LogP contribution >= 0.6 is 0 Å². The molecule has 17 aromatic rings. The van der Waals surface area contributed by atoms with Crippen molar-refractivity contribution in [2.24, 2.45) is 0 Å². The molecule has 0 atom stereocenters. The van der Waals surface area contributed by atoms with Gasteiger partial charge in [0, 0.05) is 65.8 Å². The minimum Gasteiger partial charge on any atom is -0.456 e. The van der Waals surface area contributed by atoms with Crippen molar-refractivity contribution in [3.05, 3.63) is 340 Å². The summed E-state index contributed by atoms with van der Waals surface area (Å²) in [6.45, 7) is 9.78. The fraction of sp³-hybridized carbons (Fsp3) is 0.0870. The van der Waals surface area contributed by atoms with Gasteiger partial charge >= 0.3 is 0 Å². The summed E-state index contributed by atoms with van der Waals surface area (Å²) in [4.78, 5) is 2.53. The largest absolute Gasteiger partial charge is 0.456 e. The van der Waals surface area contributed by atoms with Crippen molar-refractivity contribution in [2.75, 3.05) is 4.90 Å². The first kappa shape index (κ1) is 51.7. The quantitative estimate of drug-likeness (QED) is 0.177. The first-order valence-electron chi connectivity index (χ1n) is 33.8. The number of benzene rings is 14. The van der Waals surface area contributed by atoms with Gasteiger partial charge in [-0.25, -0.2) is 0 Å². The number of hydrogen-bond donors (Lipinski definition) is 0. The monoisotopic (exact) mass is 1220 g/mol. The number of para-hydroxylation sites is 3. The zero-order valence-electron chi connectivity index (χ0n) is 53.2. The van der Waals surface area contributed by atoms with Crippen LogP contribution in [0.3, 0.4) is 0 Å². The molecule has 0 radical (unpaired) electrons. The number of nitrogens with zero attached hydrogens (tertiary/aromatic N) is 1. The predicted octanol–water partition coefficient (Wildman–Crippen LogP) is 24.2. The van der Waals surface area contributed by atoms with Crippen LogP contribution in [0.15, 0.2) is 286 Å². The molecule has 0 N–H and O–H groups in total. The molecular formula is C92H57NO3. The van der Waals surface area contributed by atoms with Gasteiger partial charge in [0.1, 0.15) is 33.5 Å². The molecule has 3 heterocycles. The van der Waals surface area contributed by atoms with Gasteiger partial charge in [0.25, 0.3) is 0 Å². The van der Waals surface area contributed by atoms with Gasteiger partial charge in [0.2, 0.25) is 0 Å². The van der Waals surface area contributed by atoms with E-state index in [9.17, 15) is 0 Å². The number of fused-ring (bicyclic) bond motifs is 39. The lowest BCUT2D eigenvalue weighted by atomic mass is 9.68. The van der Waals surface area contributed by atoms with Crippen LogP contribution in [0.25, 0.3) is 133 Å². The summed E-state index contributed by atoms with van der Waals surface area (Å²) in [5.41, 5.74) is 37.5. The Labute approximate surface area is 553 Å². The molecule has 0 fully saturated rings. The molecule has 3 aromatic heterocycles. The fourth-order valence-corrected chi connectivity index (χ4v) is 20.2. The average molecular weight is 1220 g/mol. The van der Waals surface area contributed by atoms with Gasteiger partial charge in [-0.1, -0.05) is 222 Å². The van der Waals surface area contributed by atoms with Crippen molar-refractivity contribution in [3.8, 4) is 66.8 Å². The Kier molecular flexibility index (Phi) is 9.35. The fourth-order valence-electron chi connectivity index (χ4n) is 20.2. The molecule has 0 saturated carbocycles. The summed E-state index contributed by atoms with van der Waals surface area (Å²) >= 11 is 0. The second-order valence-corrected chi connectivity index (χ2v) is 28.8. The van der Waals surface area contributed by atoms with Crippen molar-refractivity contribution in [2.45, 2.75) is 49.4 Å². The summed E-state index contributed by atoms with van der Waals surface area (Å²) in [6.07, 6.45) is 0. The van der Waals surface area contributed by atoms with Gasteiger partial charge in [-0.05, 0) is 207 Å². The molecule has 448 valence electrons. The lowest BCUT2D eigenvalue weighted by molar-refractivity contribution is 0.600. The van der Waals surface area contributed by atoms with Gasteiger partial charge in [-0.3, -0.25) is 0 Å². The third kappa shape index (κ3) is 5.87. The van der Waals surface area contributed by atoms with Crippen molar-refractivity contribution in [1.82, 2.24) is 0 Å². The van der Waals surface area contributed by atoms with Gasteiger partial charge in [-0.2, -0.15) is 0 Å². The molecule has 96 heavy (non-hydrogen) atoms. The Morgan fingerprint density at radius 1 is 0.240 bits per heavy atom. The summed E-state index contributed by atoms with van der Waals surface area (Å²) in [6, 6.07) is 103. The Hall–Kier alpha value is -11.7. The minimum atomic E-state index is -0.711. The molecule has 23 rings (SSSR count). The van der Waals surface area contributed by atoms with E-state index in [1.165, 1.54) is 144 Å². The molecule has 4 heteroatoms. The van der Waals surface area contributed by atoms with Crippen molar-refractivity contribution < 1.29 is 13.3 Å². The second kappa shape index (κ2) is 17.3.